The molecule has 0 radical (unpaired) electrons. The molecule has 0 aromatic carbocycles. The number of allylic oxidation sites excluding steroid dienone is 4. The Labute approximate surface area is 75.4 Å². The Bertz CT molecular complexity index is 225. The molecule has 0 aromatic heterocycles. The van der Waals surface area contributed by atoms with E-state index in [2.05, 4.69) is 13.8 Å². The van der Waals surface area contributed by atoms with E-state index in [9.17, 15) is 0 Å². The molecule has 0 saturated heterocycles. The summed E-state index contributed by atoms with van der Waals surface area (Å²) in [6, 6.07) is 0. The Morgan fingerprint density at radius 1 is 0.750 bits per heavy atom. The van der Waals surface area contributed by atoms with Crippen LogP contribution in [0.3, 0.4) is 0 Å². The van der Waals surface area contributed by atoms with Gasteiger partial charge in [-0.05, 0) is 52.4 Å². The Hall–Kier alpha value is -0.520. The van der Waals surface area contributed by atoms with Gasteiger partial charge in [0.05, 0.1) is 0 Å². The predicted octanol–water partition coefficient (Wildman–Crippen LogP) is 3.99. The van der Waals surface area contributed by atoms with Gasteiger partial charge in [-0.1, -0.05) is 22.3 Å². The molecular formula is C12H18. The van der Waals surface area contributed by atoms with Gasteiger partial charge in [0.1, 0.15) is 0 Å². The molecule has 0 unspecified atom stereocenters. The quantitative estimate of drug-likeness (QED) is 0.550. The van der Waals surface area contributed by atoms with Gasteiger partial charge in [-0.2, -0.15) is 0 Å². The highest BCUT2D eigenvalue weighted by molar-refractivity contribution is 5.27. The van der Waals surface area contributed by atoms with E-state index in [0.717, 1.165) is 0 Å². The van der Waals surface area contributed by atoms with Crippen molar-refractivity contribution in [1.29, 1.82) is 0 Å². The topological polar surface area (TPSA) is 0 Å². The minimum absolute atomic E-state index is 1.36. The van der Waals surface area contributed by atoms with Crippen molar-refractivity contribution in [2.24, 2.45) is 0 Å². The molecule has 0 fully saturated rings. The van der Waals surface area contributed by atoms with Crippen LogP contribution in [0, 0.1) is 0 Å². The Morgan fingerprint density at radius 2 is 1.17 bits per heavy atom. The van der Waals surface area contributed by atoms with Crippen LogP contribution in [0.5, 0.6) is 0 Å². The minimum atomic E-state index is 1.36. The Balaban J connectivity index is 1.83. The highest BCUT2D eigenvalue weighted by Crippen LogP contribution is 2.36. The van der Waals surface area contributed by atoms with Crippen molar-refractivity contribution in [3.63, 3.8) is 0 Å². The lowest BCUT2D eigenvalue weighted by Gasteiger charge is -2.25. The van der Waals surface area contributed by atoms with Crippen LogP contribution in [-0.4, -0.2) is 0 Å². The first kappa shape index (κ1) is 8.10. The third-order valence-electron chi connectivity index (χ3n) is 3.54. The fourth-order valence-corrected chi connectivity index (χ4v) is 2.08. The van der Waals surface area contributed by atoms with Gasteiger partial charge < -0.3 is 0 Å². The number of hydrogen-bond donors (Lipinski definition) is 0. The van der Waals surface area contributed by atoms with Gasteiger partial charge in [0, 0.05) is 0 Å². The van der Waals surface area contributed by atoms with Gasteiger partial charge in [0.2, 0.25) is 0 Å². The van der Waals surface area contributed by atoms with E-state index in [1.165, 1.54) is 38.5 Å². The molecule has 2 rings (SSSR count). The molecule has 0 atom stereocenters. The standard InChI is InChI=1S/C12H18/c1-9-3-5-11(9)7-8-12-6-4-10(12)2/h3-8H2,1-2H3. The second-order valence-corrected chi connectivity index (χ2v) is 4.27. The van der Waals surface area contributed by atoms with Crippen LogP contribution in [0.15, 0.2) is 22.3 Å². The highest BCUT2D eigenvalue weighted by Gasteiger charge is 2.16. The summed E-state index contributed by atoms with van der Waals surface area (Å²) in [6.45, 7) is 4.59. The summed E-state index contributed by atoms with van der Waals surface area (Å²) < 4.78 is 0. The van der Waals surface area contributed by atoms with Crippen molar-refractivity contribution in [2.75, 3.05) is 0 Å². The van der Waals surface area contributed by atoms with E-state index in [1.807, 2.05) is 0 Å². The van der Waals surface area contributed by atoms with Crippen molar-refractivity contribution in [1.82, 2.24) is 0 Å². The van der Waals surface area contributed by atoms with E-state index in [0.29, 0.717) is 0 Å². The van der Waals surface area contributed by atoms with Crippen molar-refractivity contribution < 1.29 is 0 Å². The maximum atomic E-state index is 2.29. The maximum Gasteiger partial charge on any atom is -0.0280 e. The van der Waals surface area contributed by atoms with Crippen LogP contribution in [-0.2, 0) is 0 Å². The Morgan fingerprint density at radius 3 is 1.33 bits per heavy atom. The summed E-state index contributed by atoms with van der Waals surface area (Å²) >= 11 is 0. The average Bonchev–Trinajstić information content (AvgIpc) is 2.06. The number of rotatable bonds is 3. The fraction of sp³-hybridized carbons (Fsp3) is 0.667. The third kappa shape index (κ3) is 1.35. The van der Waals surface area contributed by atoms with Gasteiger partial charge in [0.15, 0.2) is 0 Å². The zero-order chi connectivity index (χ0) is 8.55. The molecule has 2 aliphatic carbocycles. The smallest absolute Gasteiger partial charge is 0.0280 e. The van der Waals surface area contributed by atoms with Crippen LogP contribution in [0.25, 0.3) is 0 Å². The summed E-state index contributed by atoms with van der Waals surface area (Å²) in [5.41, 5.74) is 6.85. The lowest BCUT2D eigenvalue weighted by molar-refractivity contribution is 0.676. The van der Waals surface area contributed by atoms with Gasteiger partial charge in [-0.15, -0.1) is 0 Å². The first-order chi connectivity index (χ1) is 5.77. The lowest BCUT2D eigenvalue weighted by Crippen LogP contribution is -2.05. The fourth-order valence-electron chi connectivity index (χ4n) is 2.08. The van der Waals surface area contributed by atoms with E-state index in [1.54, 1.807) is 22.3 Å². The van der Waals surface area contributed by atoms with E-state index in [-0.39, 0.29) is 0 Å². The highest BCUT2D eigenvalue weighted by atomic mass is 14.2. The van der Waals surface area contributed by atoms with Gasteiger partial charge in [-0.25, -0.2) is 0 Å². The zero-order valence-electron chi connectivity index (χ0n) is 8.24. The van der Waals surface area contributed by atoms with E-state index >= 15 is 0 Å². The molecule has 0 amide bonds. The number of hydrogen-bond acceptors (Lipinski definition) is 0. The summed E-state index contributed by atoms with van der Waals surface area (Å²) in [5, 5.41) is 0. The summed E-state index contributed by atoms with van der Waals surface area (Å²) in [7, 11) is 0. The Kier molecular flexibility index (Phi) is 2.08. The second-order valence-electron chi connectivity index (χ2n) is 4.27. The molecule has 0 N–H and O–H groups in total. The molecule has 2 aliphatic rings. The monoisotopic (exact) mass is 162 g/mol. The van der Waals surface area contributed by atoms with E-state index < -0.39 is 0 Å². The molecule has 0 aliphatic heterocycles. The zero-order valence-corrected chi connectivity index (χ0v) is 8.24. The van der Waals surface area contributed by atoms with Crippen molar-refractivity contribution >= 4 is 0 Å². The molecule has 0 bridgehead atoms. The SMILES string of the molecule is CC1=C(CCC2=C(C)CC2)CC1. The lowest BCUT2D eigenvalue weighted by atomic mass is 9.81. The first-order valence-electron chi connectivity index (χ1n) is 5.12. The van der Waals surface area contributed by atoms with Crippen LogP contribution in [0.1, 0.15) is 52.4 Å². The van der Waals surface area contributed by atoms with Gasteiger partial charge >= 0.3 is 0 Å². The normalized spacial score (nSPS) is 22.5. The average molecular weight is 162 g/mol. The molecule has 12 heavy (non-hydrogen) atoms. The summed E-state index contributed by atoms with van der Waals surface area (Å²) in [5.74, 6) is 0. The second kappa shape index (κ2) is 3.08. The van der Waals surface area contributed by atoms with Crippen molar-refractivity contribution in [3.8, 4) is 0 Å². The first-order valence-corrected chi connectivity index (χ1v) is 5.12. The van der Waals surface area contributed by atoms with E-state index in [4.69, 9.17) is 0 Å². The summed E-state index contributed by atoms with van der Waals surface area (Å²) in [6.07, 6.45) is 8.23. The maximum absolute atomic E-state index is 2.29. The molecule has 0 aromatic rings. The van der Waals surface area contributed by atoms with Crippen LogP contribution in [0.2, 0.25) is 0 Å². The largest absolute Gasteiger partial charge is 0.0738 e. The van der Waals surface area contributed by atoms with Gasteiger partial charge in [-0.3, -0.25) is 0 Å². The van der Waals surface area contributed by atoms with Gasteiger partial charge in [0.25, 0.3) is 0 Å². The predicted molar refractivity (Wildman–Crippen MR) is 53.1 cm³/mol. The minimum Gasteiger partial charge on any atom is -0.0738 e. The summed E-state index contributed by atoms with van der Waals surface area (Å²) in [4.78, 5) is 0. The molecular weight excluding hydrogens is 144 g/mol. The third-order valence-corrected chi connectivity index (χ3v) is 3.54. The molecule has 0 spiro atoms. The molecule has 0 heterocycles. The molecule has 0 nitrogen and oxygen atoms in total. The molecule has 66 valence electrons. The molecule has 0 saturated carbocycles. The van der Waals surface area contributed by atoms with Crippen LogP contribution >= 0.6 is 0 Å². The van der Waals surface area contributed by atoms with Crippen LogP contribution in [0.4, 0.5) is 0 Å². The molecule has 0 heteroatoms. The van der Waals surface area contributed by atoms with Crippen LogP contribution < -0.4 is 0 Å². The van der Waals surface area contributed by atoms with Crippen molar-refractivity contribution in [2.45, 2.75) is 52.4 Å². The van der Waals surface area contributed by atoms with Crippen molar-refractivity contribution in [3.05, 3.63) is 22.3 Å².